The van der Waals surface area contributed by atoms with Crippen molar-refractivity contribution in [3.8, 4) is 11.5 Å². The van der Waals surface area contributed by atoms with Crippen molar-refractivity contribution >= 4 is 5.97 Å². The Bertz CT molecular complexity index is 659. The van der Waals surface area contributed by atoms with Crippen molar-refractivity contribution in [1.29, 1.82) is 0 Å². The molecule has 4 nitrogen and oxygen atoms in total. The summed E-state index contributed by atoms with van der Waals surface area (Å²) in [7, 11) is 0. The molecule has 160 valence electrons. The summed E-state index contributed by atoms with van der Waals surface area (Å²) in [4.78, 5) is 11.7. The van der Waals surface area contributed by atoms with E-state index in [4.69, 9.17) is 4.74 Å². The first-order valence-corrected chi connectivity index (χ1v) is 10.7. The minimum Gasteiger partial charge on any atom is -0.504 e. The molecule has 29 heavy (non-hydrogen) atoms. The Morgan fingerprint density at radius 2 is 1.52 bits per heavy atom. The van der Waals surface area contributed by atoms with Crippen molar-refractivity contribution in [3.05, 3.63) is 60.2 Å². The average molecular weight is 401 g/mol. The van der Waals surface area contributed by atoms with Gasteiger partial charge in [0.05, 0.1) is 0 Å². The summed E-state index contributed by atoms with van der Waals surface area (Å²) in [6, 6.07) is 4.41. The van der Waals surface area contributed by atoms with Crippen LogP contribution in [0.2, 0.25) is 0 Å². The second-order valence-corrected chi connectivity index (χ2v) is 7.08. The Kier molecular flexibility index (Phi) is 13.9. The molecule has 0 saturated heterocycles. The number of phenolic OH excluding ortho intramolecular Hbond substituents is 2. The number of aromatic hydroxyl groups is 2. The molecule has 0 amide bonds. The van der Waals surface area contributed by atoms with E-state index in [1.165, 1.54) is 25.0 Å². The lowest BCUT2D eigenvalue weighted by Gasteiger charge is -2.06. The van der Waals surface area contributed by atoms with E-state index in [9.17, 15) is 15.0 Å². The largest absolute Gasteiger partial charge is 0.504 e. The van der Waals surface area contributed by atoms with E-state index in [0.717, 1.165) is 44.9 Å². The van der Waals surface area contributed by atoms with Crippen LogP contribution in [0.4, 0.5) is 0 Å². The lowest BCUT2D eigenvalue weighted by molar-refractivity contribution is -0.145. The lowest BCUT2D eigenvalue weighted by Crippen LogP contribution is -2.04. The van der Waals surface area contributed by atoms with Crippen molar-refractivity contribution in [2.75, 3.05) is 0 Å². The van der Waals surface area contributed by atoms with Crippen LogP contribution < -0.4 is 0 Å². The van der Waals surface area contributed by atoms with E-state index < -0.39 is 0 Å². The number of carbonyl (C=O) groups excluding carboxylic acids is 1. The van der Waals surface area contributed by atoms with Crippen LogP contribution in [0.25, 0.3) is 0 Å². The summed E-state index contributed by atoms with van der Waals surface area (Å²) >= 11 is 0. The number of hydrogen-bond donors (Lipinski definition) is 2. The minimum atomic E-state index is -0.223. The highest BCUT2D eigenvalue weighted by atomic mass is 16.5. The van der Waals surface area contributed by atoms with Crippen LogP contribution in [0.3, 0.4) is 0 Å². The van der Waals surface area contributed by atoms with E-state index in [2.05, 4.69) is 43.4 Å². The van der Waals surface area contributed by atoms with Gasteiger partial charge in [-0.25, -0.2) is 0 Å². The van der Waals surface area contributed by atoms with Gasteiger partial charge in [0.25, 0.3) is 0 Å². The first-order valence-electron chi connectivity index (χ1n) is 10.7. The van der Waals surface area contributed by atoms with Gasteiger partial charge in [0.2, 0.25) is 0 Å². The summed E-state index contributed by atoms with van der Waals surface area (Å²) in [5.41, 5.74) is 0.658. The van der Waals surface area contributed by atoms with Gasteiger partial charge in [0.15, 0.2) is 11.5 Å². The molecule has 1 aromatic rings. The number of allylic oxidation sites excluding steroid dienone is 6. The topological polar surface area (TPSA) is 66.8 Å². The molecule has 0 heterocycles. The standard InChI is InChI=1S/C25H36O4/c1-2-3-4-5-6-7-8-9-10-11-12-13-14-15-16-17-25(28)29-21-22-18-19-23(26)24(27)20-22/h3-4,6-7,9-10,18-20,26-27H,2,5,8,11-17,21H2,1H3/b4-3-,7-6-,10-9-. The lowest BCUT2D eigenvalue weighted by atomic mass is 10.1. The molecule has 0 aliphatic carbocycles. The Hall–Kier alpha value is -2.49. The number of carbonyl (C=O) groups is 1. The number of hydrogen-bond acceptors (Lipinski definition) is 4. The van der Waals surface area contributed by atoms with Gasteiger partial charge in [-0.05, 0) is 56.2 Å². The van der Waals surface area contributed by atoms with Gasteiger partial charge in [-0.3, -0.25) is 4.79 Å². The van der Waals surface area contributed by atoms with Gasteiger partial charge in [-0.2, -0.15) is 0 Å². The van der Waals surface area contributed by atoms with Crippen molar-refractivity contribution in [2.24, 2.45) is 0 Å². The van der Waals surface area contributed by atoms with Crippen LogP contribution in [-0.2, 0) is 16.1 Å². The number of benzene rings is 1. The second-order valence-electron chi connectivity index (χ2n) is 7.08. The highest BCUT2D eigenvalue weighted by molar-refractivity contribution is 5.69. The zero-order valence-electron chi connectivity index (χ0n) is 17.7. The molecule has 1 aromatic carbocycles. The molecule has 0 aromatic heterocycles. The minimum absolute atomic E-state index is 0.115. The molecule has 0 atom stereocenters. The first kappa shape index (κ1) is 24.5. The van der Waals surface area contributed by atoms with E-state index in [1.807, 2.05) is 0 Å². The van der Waals surface area contributed by atoms with Crippen LogP contribution in [0.1, 0.15) is 76.7 Å². The maximum atomic E-state index is 11.7. The number of ether oxygens (including phenoxy) is 1. The van der Waals surface area contributed by atoms with Gasteiger partial charge >= 0.3 is 5.97 Å². The highest BCUT2D eigenvalue weighted by Gasteiger charge is 2.05. The molecule has 0 radical (unpaired) electrons. The van der Waals surface area contributed by atoms with Gasteiger partial charge in [-0.15, -0.1) is 0 Å². The Labute approximate surface area is 175 Å². The predicted molar refractivity (Wildman–Crippen MR) is 119 cm³/mol. The normalized spacial score (nSPS) is 11.8. The molecule has 4 heteroatoms. The fourth-order valence-electron chi connectivity index (χ4n) is 2.78. The molecule has 0 spiro atoms. The summed E-state index contributed by atoms with van der Waals surface area (Å²) in [6.45, 7) is 2.26. The van der Waals surface area contributed by atoms with Crippen LogP contribution in [0.15, 0.2) is 54.7 Å². The maximum Gasteiger partial charge on any atom is 0.306 e. The number of phenols is 2. The zero-order chi connectivity index (χ0) is 21.2. The van der Waals surface area contributed by atoms with E-state index >= 15 is 0 Å². The Morgan fingerprint density at radius 3 is 2.24 bits per heavy atom. The molecule has 0 saturated carbocycles. The average Bonchev–Trinajstić information content (AvgIpc) is 2.71. The number of esters is 1. The van der Waals surface area contributed by atoms with E-state index in [1.54, 1.807) is 6.07 Å². The Balaban J connectivity index is 1.94. The highest BCUT2D eigenvalue weighted by Crippen LogP contribution is 2.25. The third kappa shape index (κ3) is 13.3. The third-order valence-corrected chi connectivity index (χ3v) is 4.47. The third-order valence-electron chi connectivity index (χ3n) is 4.47. The van der Waals surface area contributed by atoms with Crippen LogP contribution in [0, 0.1) is 0 Å². The summed E-state index contributed by atoms with van der Waals surface area (Å²) in [5, 5.41) is 18.7. The van der Waals surface area contributed by atoms with Crippen LogP contribution >= 0.6 is 0 Å². The molecule has 0 fully saturated rings. The van der Waals surface area contributed by atoms with Gasteiger partial charge < -0.3 is 14.9 Å². The molecule has 0 aliphatic heterocycles. The van der Waals surface area contributed by atoms with E-state index in [-0.39, 0.29) is 24.1 Å². The molecular formula is C25H36O4. The van der Waals surface area contributed by atoms with Gasteiger partial charge in [0.1, 0.15) is 6.61 Å². The monoisotopic (exact) mass is 400 g/mol. The smallest absolute Gasteiger partial charge is 0.306 e. The first-order chi connectivity index (χ1) is 14.1. The fraction of sp³-hybridized carbons (Fsp3) is 0.480. The fourth-order valence-corrected chi connectivity index (χ4v) is 2.78. The van der Waals surface area contributed by atoms with Gasteiger partial charge in [-0.1, -0.05) is 68.7 Å². The van der Waals surface area contributed by atoms with Crippen molar-refractivity contribution < 1.29 is 19.7 Å². The number of rotatable bonds is 15. The zero-order valence-corrected chi connectivity index (χ0v) is 17.7. The number of unbranched alkanes of at least 4 members (excludes halogenated alkanes) is 5. The van der Waals surface area contributed by atoms with Crippen molar-refractivity contribution in [3.63, 3.8) is 0 Å². The molecular weight excluding hydrogens is 364 g/mol. The molecule has 0 bridgehead atoms. The molecule has 0 unspecified atom stereocenters. The molecule has 0 aliphatic rings. The van der Waals surface area contributed by atoms with Crippen molar-refractivity contribution in [1.82, 2.24) is 0 Å². The SMILES string of the molecule is CC/C=C\C/C=C\C/C=C\CCCCCCCC(=O)OCc1ccc(O)c(O)c1. The van der Waals surface area contributed by atoms with Crippen LogP contribution in [-0.4, -0.2) is 16.2 Å². The molecule has 2 N–H and O–H groups in total. The Morgan fingerprint density at radius 1 is 0.862 bits per heavy atom. The summed E-state index contributed by atoms with van der Waals surface area (Å²) < 4.78 is 5.19. The van der Waals surface area contributed by atoms with Crippen molar-refractivity contribution in [2.45, 2.75) is 77.7 Å². The van der Waals surface area contributed by atoms with Crippen LogP contribution in [0.5, 0.6) is 11.5 Å². The second kappa shape index (κ2) is 16.5. The predicted octanol–water partition coefficient (Wildman–Crippen LogP) is 6.73. The summed E-state index contributed by atoms with van der Waals surface area (Å²) in [5.74, 6) is -0.605. The molecule has 1 rings (SSSR count). The van der Waals surface area contributed by atoms with Gasteiger partial charge in [0, 0.05) is 6.42 Å². The quantitative estimate of drug-likeness (QED) is 0.148. The summed E-state index contributed by atoms with van der Waals surface area (Å²) in [6.07, 6.45) is 23.3. The maximum absolute atomic E-state index is 11.7. The van der Waals surface area contributed by atoms with E-state index in [0.29, 0.717) is 12.0 Å².